The van der Waals surface area contributed by atoms with Crippen molar-refractivity contribution in [2.45, 2.75) is 12.8 Å². The SMILES string of the molecule is COc1ccnc(N2CCC(C(=O)Nc3nc4c(F)cccc4[nH]3)CC2)n1. The molecule has 1 aromatic carbocycles. The number of para-hydroxylation sites is 1. The van der Waals surface area contributed by atoms with Gasteiger partial charge in [-0.3, -0.25) is 10.1 Å². The molecule has 0 unspecified atom stereocenters. The Morgan fingerprint density at radius 2 is 2.11 bits per heavy atom. The predicted octanol–water partition coefficient (Wildman–Crippen LogP) is 2.36. The van der Waals surface area contributed by atoms with Gasteiger partial charge >= 0.3 is 0 Å². The van der Waals surface area contributed by atoms with Gasteiger partial charge in [0, 0.05) is 31.3 Å². The van der Waals surface area contributed by atoms with E-state index in [1.165, 1.54) is 6.07 Å². The van der Waals surface area contributed by atoms with Crippen LogP contribution in [0, 0.1) is 11.7 Å². The van der Waals surface area contributed by atoms with Crippen molar-refractivity contribution in [3.63, 3.8) is 0 Å². The smallest absolute Gasteiger partial charge is 0.229 e. The third-order valence-electron chi connectivity index (χ3n) is 4.68. The maximum atomic E-state index is 13.7. The highest BCUT2D eigenvalue weighted by Crippen LogP contribution is 2.23. The average Bonchev–Trinajstić information content (AvgIpc) is 3.12. The Bertz CT molecular complexity index is 967. The van der Waals surface area contributed by atoms with Gasteiger partial charge in [0.2, 0.25) is 23.7 Å². The molecular weight excluding hydrogens is 351 g/mol. The molecular formula is C18H19FN6O2. The van der Waals surface area contributed by atoms with Gasteiger partial charge in [-0.25, -0.2) is 14.4 Å². The summed E-state index contributed by atoms with van der Waals surface area (Å²) in [7, 11) is 1.56. The zero-order valence-corrected chi connectivity index (χ0v) is 14.8. The average molecular weight is 370 g/mol. The number of aromatic amines is 1. The van der Waals surface area contributed by atoms with E-state index in [1.54, 1.807) is 31.5 Å². The van der Waals surface area contributed by atoms with E-state index in [-0.39, 0.29) is 23.3 Å². The van der Waals surface area contributed by atoms with Crippen LogP contribution < -0.4 is 15.0 Å². The second-order valence-corrected chi connectivity index (χ2v) is 6.37. The first-order valence-corrected chi connectivity index (χ1v) is 8.71. The zero-order valence-electron chi connectivity index (χ0n) is 14.8. The molecule has 0 atom stereocenters. The molecule has 3 aromatic rings. The van der Waals surface area contributed by atoms with Crippen molar-refractivity contribution in [1.82, 2.24) is 19.9 Å². The first kappa shape index (κ1) is 17.2. The number of rotatable bonds is 4. The number of hydrogen-bond acceptors (Lipinski definition) is 6. The van der Waals surface area contributed by atoms with Crippen molar-refractivity contribution in [2.75, 3.05) is 30.4 Å². The number of fused-ring (bicyclic) bond motifs is 1. The molecule has 1 saturated heterocycles. The number of anilines is 2. The van der Waals surface area contributed by atoms with Crippen LogP contribution in [0.1, 0.15) is 12.8 Å². The van der Waals surface area contributed by atoms with Crippen LogP contribution in [0.4, 0.5) is 16.3 Å². The number of nitrogens with zero attached hydrogens (tertiary/aromatic N) is 4. The van der Waals surface area contributed by atoms with E-state index in [0.717, 1.165) is 0 Å². The van der Waals surface area contributed by atoms with Crippen LogP contribution in [0.15, 0.2) is 30.5 Å². The van der Waals surface area contributed by atoms with Crippen molar-refractivity contribution in [3.05, 3.63) is 36.3 Å². The molecule has 1 aliphatic rings. The zero-order chi connectivity index (χ0) is 18.8. The fourth-order valence-electron chi connectivity index (χ4n) is 3.22. The van der Waals surface area contributed by atoms with Gasteiger partial charge in [-0.1, -0.05) is 6.07 Å². The van der Waals surface area contributed by atoms with Crippen LogP contribution in [0.25, 0.3) is 11.0 Å². The second-order valence-electron chi connectivity index (χ2n) is 6.37. The Hall–Kier alpha value is -3.23. The Morgan fingerprint density at radius 1 is 1.30 bits per heavy atom. The summed E-state index contributed by atoms with van der Waals surface area (Å²) in [4.78, 5) is 30.2. The van der Waals surface area contributed by atoms with E-state index < -0.39 is 5.82 Å². The van der Waals surface area contributed by atoms with E-state index in [0.29, 0.717) is 43.3 Å². The van der Waals surface area contributed by atoms with E-state index in [1.807, 2.05) is 4.90 Å². The second kappa shape index (κ2) is 7.18. The maximum Gasteiger partial charge on any atom is 0.229 e. The summed E-state index contributed by atoms with van der Waals surface area (Å²) in [5.41, 5.74) is 0.771. The number of benzene rings is 1. The Labute approximate surface area is 154 Å². The lowest BCUT2D eigenvalue weighted by Crippen LogP contribution is -2.39. The number of halogens is 1. The quantitative estimate of drug-likeness (QED) is 0.732. The van der Waals surface area contributed by atoms with Gasteiger partial charge in [0.15, 0.2) is 5.82 Å². The van der Waals surface area contributed by atoms with Crippen molar-refractivity contribution in [2.24, 2.45) is 5.92 Å². The summed E-state index contributed by atoms with van der Waals surface area (Å²) in [6.45, 7) is 1.33. The lowest BCUT2D eigenvalue weighted by atomic mass is 9.96. The highest BCUT2D eigenvalue weighted by molar-refractivity contribution is 5.92. The molecule has 27 heavy (non-hydrogen) atoms. The molecule has 1 aliphatic heterocycles. The molecule has 2 aromatic heterocycles. The van der Waals surface area contributed by atoms with E-state index >= 15 is 0 Å². The molecule has 140 valence electrons. The summed E-state index contributed by atoms with van der Waals surface area (Å²) in [5, 5.41) is 2.76. The van der Waals surface area contributed by atoms with Gasteiger partial charge in [-0.2, -0.15) is 4.98 Å². The largest absolute Gasteiger partial charge is 0.481 e. The number of amides is 1. The van der Waals surface area contributed by atoms with Crippen LogP contribution in [0.5, 0.6) is 5.88 Å². The summed E-state index contributed by atoms with van der Waals surface area (Å²) in [5.74, 6) is 0.679. The summed E-state index contributed by atoms with van der Waals surface area (Å²) < 4.78 is 18.9. The first-order valence-electron chi connectivity index (χ1n) is 8.71. The monoisotopic (exact) mass is 370 g/mol. The van der Waals surface area contributed by atoms with Gasteiger partial charge in [0.05, 0.1) is 12.6 Å². The third kappa shape index (κ3) is 3.53. The predicted molar refractivity (Wildman–Crippen MR) is 98.2 cm³/mol. The minimum absolute atomic E-state index is 0.124. The molecule has 1 amide bonds. The van der Waals surface area contributed by atoms with E-state index in [9.17, 15) is 9.18 Å². The van der Waals surface area contributed by atoms with Gasteiger partial charge in [0.25, 0.3) is 0 Å². The molecule has 1 fully saturated rings. The Kier molecular flexibility index (Phi) is 4.57. The van der Waals surface area contributed by atoms with Gasteiger partial charge in [0.1, 0.15) is 5.52 Å². The number of methoxy groups -OCH3 is 1. The number of imidazole rings is 1. The van der Waals surface area contributed by atoms with Crippen LogP contribution in [-0.4, -0.2) is 46.0 Å². The molecule has 4 rings (SSSR count). The number of carbonyl (C=O) groups is 1. The highest BCUT2D eigenvalue weighted by atomic mass is 19.1. The standard InChI is InChI=1S/C18H19FN6O2/c1-27-14-5-8-20-18(22-14)25-9-6-11(7-10-25)16(26)24-17-21-13-4-2-3-12(19)15(13)23-17/h2-5,8,11H,6-7,9-10H2,1H3,(H2,21,23,24,26). The lowest BCUT2D eigenvalue weighted by molar-refractivity contribution is -0.120. The van der Waals surface area contributed by atoms with Gasteiger partial charge in [-0.05, 0) is 25.0 Å². The fourth-order valence-corrected chi connectivity index (χ4v) is 3.22. The number of hydrogen-bond donors (Lipinski definition) is 2. The summed E-state index contributed by atoms with van der Waals surface area (Å²) in [6.07, 6.45) is 2.99. The topological polar surface area (TPSA) is 96.0 Å². The molecule has 0 spiro atoms. The molecule has 2 N–H and O–H groups in total. The normalized spacial score (nSPS) is 15.1. The Balaban J connectivity index is 1.38. The fraction of sp³-hybridized carbons (Fsp3) is 0.333. The number of ether oxygens (including phenoxy) is 1. The van der Waals surface area contributed by atoms with E-state index in [2.05, 4.69) is 25.3 Å². The first-order chi connectivity index (χ1) is 13.1. The van der Waals surface area contributed by atoms with Crippen LogP contribution in [0.2, 0.25) is 0 Å². The van der Waals surface area contributed by atoms with Crippen molar-refractivity contribution >= 4 is 28.8 Å². The number of carbonyl (C=O) groups excluding carboxylic acids is 1. The number of H-pyrrole nitrogens is 1. The van der Waals surface area contributed by atoms with Gasteiger partial charge in [-0.15, -0.1) is 0 Å². The summed E-state index contributed by atoms with van der Waals surface area (Å²) >= 11 is 0. The van der Waals surface area contributed by atoms with Crippen molar-refractivity contribution < 1.29 is 13.9 Å². The van der Waals surface area contributed by atoms with Crippen LogP contribution in [0.3, 0.4) is 0 Å². The van der Waals surface area contributed by atoms with Crippen molar-refractivity contribution in [1.29, 1.82) is 0 Å². The molecule has 0 aliphatic carbocycles. The molecule has 9 heteroatoms. The molecule has 0 bridgehead atoms. The van der Waals surface area contributed by atoms with E-state index in [4.69, 9.17) is 4.74 Å². The van der Waals surface area contributed by atoms with Crippen LogP contribution in [-0.2, 0) is 4.79 Å². The minimum atomic E-state index is -0.421. The summed E-state index contributed by atoms with van der Waals surface area (Å²) in [6, 6.07) is 6.34. The molecule has 0 radical (unpaired) electrons. The Morgan fingerprint density at radius 3 is 2.85 bits per heavy atom. The molecule has 8 nitrogen and oxygen atoms in total. The van der Waals surface area contributed by atoms with Gasteiger partial charge < -0.3 is 14.6 Å². The highest BCUT2D eigenvalue weighted by Gasteiger charge is 2.27. The number of aromatic nitrogens is 4. The number of piperidine rings is 1. The third-order valence-corrected chi connectivity index (χ3v) is 4.68. The van der Waals surface area contributed by atoms with Crippen LogP contribution >= 0.6 is 0 Å². The minimum Gasteiger partial charge on any atom is -0.481 e. The molecule has 3 heterocycles. The maximum absolute atomic E-state index is 13.7. The number of nitrogens with one attached hydrogen (secondary N) is 2. The lowest BCUT2D eigenvalue weighted by Gasteiger charge is -2.31. The van der Waals surface area contributed by atoms with Crippen molar-refractivity contribution in [3.8, 4) is 5.88 Å². The molecule has 0 saturated carbocycles.